The number of tetrazole rings is 1. The van der Waals surface area contributed by atoms with Crippen molar-refractivity contribution < 1.29 is 0 Å². The van der Waals surface area contributed by atoms with Crippen molar-refractivity contribution in [2.75, 3.05) is 0 Å². The van der Waals surface area contributed by atoms with Crippen LogP contribution in [-0.4, -0.2) is 35.2 Å². The number of quaternary nitrogens is 1. The van der Waals surface area contributed by atoms with E-state index in [1.165, 1.54) is 5.56 Å². The number of benzene rings is 2. The summed E-state index contributed by atoms with van der Waals surface area (Å²) in [7, 11) is 0. The molecule has 0 saturated heterocycles. The highest BCUT2D eigenvalue weighted by molar-refractivity contribution is 5.80. The third kappa shape index (κ3) is 3.88. The number of aryl methyl sites for hydroxylation is 2. The normalized spacial score (nSPS) is 10.9. The van der Waals surface area contributed by atoms with Crippen LogP contribution < -0.4 is 6.15 Å². The Balaban J connectivity index is 0.00000245. The van der Waals surface area contributed by atoms with Gasteiger partial charge in [0.2, 0.25) is 5.82 Å². The third-order valence-corrected chi connectivity index (χ3v) is 5.51. The summed E-state index contributed by atoms with van der Waals surface area (Å²) in [6.45, 7) is 5.02. The molecule has 0 aliphatic rings. The van der Waals surface area contributed by atoms with Gasteiger partial charge in [-0.15, -0.1) is 10.2 Å². The molecule has 0 aliphatic heterocycles. The Hall–Kier alpha value is -3.91. The Bertz CT molecular complexity index is 1320. The largest absolute Gasteiger partial charge is 0.369 e. The summed E-state index contributed by atoms with van der Waals surface area (Å²) in [5.74, 6) is 1.68. The third-order valence-electron chi connectivity index (χ3n) is 5.51. The lowest BCUT2D eigenvalue weighted by atomic mass is 9.98. The van der Waals surface area contributed by atoms with Gasteiger partial charge in [-0.1, -0.05) is 55.5 Å². The topological polar surface area (TPSA) is 122 Å². The first kappa shape index (κ1) is 21.3. The van der Waals surface area contributed by atoms with Gasteiger partial charge in [0.25, 0.3) is 0 Å². The molecule has 0 saturated carbocycles. The molecule has 2 aromatic carbocycles. The van der Waals surface area contributed by atoms with Gasteiger partial charge in [-0.25, -0.2) is 9.97 Å². The van der Waals surface area contributed by atoms with Crippen LogP contribution in [0, 0.1) is 6.92 Å². The number of aromatic nitrogens is 7. The molecular formula is C24H27N8+. The minimum Gasteiger partial charge on any atom is -0.369 e. The van der Waals surface area contributed by atoms with Crippen molar-refractivity contribution in [1.82, 2.24) is 41.3 Å². The maximum atomic E-state index is 4.88. The van der Waals surface area contributed by atoms with Gasteiger partial charge in [0.1, 0.15) is 11.3 Å². The molecule has 0 amide bonds. The first-order chi connectivity index (χ1) is 15.2. The zero-order valence-electron chi connectivity index (χ0n) is 18.6. The van der Waals surface area contributed by atoms with Crippen LogP contribution in [0.4, 0.5) is 0 Å². The highest BCUT2D eigenvalue weighted by Gasteiger charge is 2.14. The van der Waals surface area contributed by atoms with E-state index in [4.69, 9.17) is 4.98 Å². The van der Waals surface area contributed by atoms with E-state index in [1.807, 2.05) is 30.5 Å². The molecule has 3 aromatic heterocycles. The Morgan fingerprint density at radius 1 is 0.969 bits per heavy atom. The van der Waals surface area contributed by atoms with Crippen LogP contribution in [-0.2, 0) is 13.0 Å². The fraction of sp³-hybridized carbons (Fsp3) is 0.208. The van der Waals surface area contributed by atoms with Gasteiger partial charge in [0.15, 0.2) is 5.65 Å². The fourth-order valence-corrected chi connectivity index (χ4v) is 3.94. The van der Waals surface area contributed by atoms with Crippen LogP contribution in [0.2, 0.25) is 0 Å². The Labute approximate surface area is 186 Å². The first-order valence-electron chi connectivity index (χ1n) is 10.5. The number of hydrogen-bond donors (Lipinski definition) is 2. The van der Waals surface area contributed by atoms with E-state index >= 15 is 0 Å². The molecule has 162 valence electrons. The lowest BCUT2D eigenvalue weighted by molar-refractivity contribution is 0.717. The van der Waals surface area contributed by atoms with Gasteiger partial charge in [0, 0.05) is 18.2 Å². The zero-order chi connectivity index (χ0) is 21.2. The number of fused-ring (bicyclic) bond motifs is 1. The minimum absolute atomic E-state index is 0. The average Bonchev–Trinajstić information content (AvgIpc) is 3.45. The molecule has 0 aliphatic carbocycles. The van der Waals surface area contributed by atoms with E-state index < -0.39 is 0 Å². The molecule has 3 heterocycles. The highest BCUT2D eigenvalue weighted by Crippen LogP contribution is 2.30. The molecule has 0 radical (unpaired) electrons. The molecule has 5 aromatic rings. The summed E-state index contributed by atoms with van der Waals surface area (Å²) in [6.07, 6.45) is 3.85. The van der Waals surface area contributed by atoms with Crippen molar-refractivity contribution in [3.8, 4) is 22.5 Å². The number of aromatic amines is 1. The van der Waals surface area contributed by atoms with Gasteiger partial charge in [-0.05, 0) is 46.9 Å². The summed E-state index contributed by atoms with van der Waals surface area (Å²) in [5, 5.41) is 14.5. The van der Waals surface area contributed by atoms with Gasteiger partial charge >= 0.3 is 0 Å². The van der Waals surface area contributed by atoms with Crippen LogP contribution >= 0.6 is 0 Å². The van der Waals surface area contributed by atoms with Gasteiger partial charge < -0.3 is 10.7 Å². The van der Waals surface area contributed by atoms with Crippen molar-refractivity contribution in [2.45, 2.75) is 33.2 Å². The van der Waals surface area contributed by atoms with E-state index in [0.717, 1.165) is 58.6 Å². The molecule has 0 fully saturated rings. The van der Waals surface area contributed by atoms with E-state index in [1.54, 1.807) is 0 Å². The number of hydrogen-bond acceptors (Lipinski definition) is 5. The van der Waals surface area contributed by atoms with Gasteiger partial charge in [0.05, 0.1) is 6.54 Å². The lowest BCUT2D eigenvalue weighted by Crippen LogP contribution is -2.06. The molecule has 8 heteroatoms. The summed E-state index contributed by atoms with van der Waals surface area (Å²) < 4.78 is 2.24. The summed E-state index contributed by atoms with van der Waals surface area (Å²) in [4.78, 5) is 9.51. The average molecular weight is 428 g/mol. The number of H-pyrrole nitrogens is 1. The lowest BCUT2D eigenvalue weighted by Gasteiger charge is -2.11. The molecule has 0 atom stereocenters. The Morgan fingerprint density at radius 2 is 1.75 bits per heavy atom. The molecule has 0 unspecified atom stereocenters. The number of pyridine rings is 1. The van der Waals surface area contributed by atoms with E-state index in [9.17, 15) is 0 Å². The summed E-state index contributed by atoms with van der Waals surface area (Å²) in [6, 6.07) is 18.7. The first-order valence-corrected chi connectivity index (χ1v) is 10.5. The van der Waals surface area contributed by atoms with Gasteiger partial charge in [-0.3, -0.25) is 0 Å². The number of rotatable bonds is 6. The Morgan fingerprint density at radius 3 is 2.47 bits per heavy atom. The smallest absolute Gasteiger partial charge is 0.205 e. The number of imidazole rings is 1. The zero-order valence-corrected chi connectivity index (χ0v) is 18.6. The van der Waals surface area contributed by atoms with Crippen molar-refractivity contribution in [3.05, 3.63) is 77.7 Å². The quantitative estimate of drug-likeness (QED) is 0.396. The van der Waals surface area contributed by atoms with Crippen molar-refractivity contribution in [2.24, 2.45) is 0 Å². The summed E-state index contributed by atoms with van der Waals surface area (Å²) >= 11 is 0. The van der Waals surface area contributed by atoms with Crippen molar-refractivity contribution in [3.63, 3.8) is 0 Å². The molecule has 5 rings (SSSR count). The Kier molecular flexibility index (Phi) is 6.04. The molecule has 5 N–H and O–H groups in total. The molecule has 8 nitrogen and oxygen atoms in total. The summed E-state index contributed by atoms with van der Waals surface area (Å²) in [5.41, 5.74) is 7.46. The van der Waals surface area contributed by atoms with Crippen LogP contribution in [0.25, 0.3) is 33.7 Å². The second-order valence-corrected chi connectivity index (χ2v) is 7.64. The molecule has 32 heavy (non-hydrogen) atoms. The van der Waals surface area contributed by atoms with E-state index in [2.05, 4.69) is 74.4 Å². The van der Waals surface area contributed by atoms with Gasteiger partial charge in [-0.2, -0.15) is 5.21 Å². The second-order valence-electron chi connectivity index (χ2n) is 7.64. The molecule has 0 bridgehead atoms. The maximum absolute atomic E-state index is 4.88. The van der Waals surface area contributed by atoms with Crippen molar-refractivity contribution in [1.29, 1.82) is 0 Å². The molecule has 0 spiro atoms. The van der Waals surface area contributed by atoms with E-state index in [0.29, 0.717) is 5.82 Å². The second kappa shape index (κ2) is 9.07. The number of nitrogens with zero attached hydrogens (tertiary/aromatic N) is 6. The van der Waals surface area contributed by atoms with Crippen LogP contribution in [0.3, 0.4) is 0 Å². The SMILES string of the molecule is CCCc1nc2c(C)ccnc2n1Cc1ccc(-c2ccccc2-c2nn[nH]n2)cc1.[NH4+]. The predicted octanol–water partition coefficient (Wildman–Crippen LogP) is 4.96. The predicted molar refractivity (Wildman–Crippen MR) is 126 cm³/mol. The highest BCUT2D eigenvalue weighted by atomic mass is 15.5. The van der Waals surface area contributed by atoms with E-state index in [-0.39, 0.29) is 6.15 Å². The minimum atomic E-state index is 0. The van der Waals surface area contributed by atoms with Crippen molar-refractivity contribution >= 4 is 11.2 Å². The van der Waals surface area contributed by atoms with Crippen LogP contribution in [0.1, 0.15) is 30.3 Å². The molecular weight excluding hydrogens is 400 g/mol. The standard InChI is InChI=1S/C24H23N7.H3N/c1-3-6-21-26-22-16(2)13-14-25-24(22)31(21)15-17-9-11-18(12-10-17)19-7-4-5-8-20(19)23-27-29-30-28-23;/h4-5,7-14H,3,6,15H2,1-2H3,(H,27,28,29,30);1H3/p+1. The number of nitrogens with one attached hydrogen (secondary N) is 1. The maximum Gasteiger partial charge on any atom is 0.205 e. The monoisotopic (exact) mass is 427 g/mol. The van der Waals surface area contributed by atoms with Crippen LogP contribution in [0.5, 0.6) is 0 Å². The fourth-order valence-electron chi connectivity index (χ4n) is 3.94. The van der Waals surface area contributed by atoms with Crippen LogP contribution in [0.15, 0.2) is 60.8 Å².